The molecule has 2 N–H and O–H groups in total. The molecule has 0 bridgehead atoms. The Balaban J connectivity index is 1.31. The van der Waals surface area contributed by atoms with Crippen molar-refractivity contribution in [1.29, 1.82) is 0 Å². The molecule has 1 saturated heterocycles. The van der Waals surface area contributed by atoms with Crippen molar-refractivity contribution in [2.45, 2.75) is 32.4 Å². The van der Waals surface area contributed by atoms with Crippen LogP contribution < -0.4 is 15.4 Å². The van der Waals surface area contributed by atoms with Crippen molar-refractivity contribution in [2.75, 3.05) is 50.8 Å². The minimum absolute atomic E-state index is 0.210. The second kappa shape index (κ2) is 9.61. The summed E-state index contributed by atoms with van der Waals surface area (Å²) < 4.78 is 11.9. The number of piperazine rings is 1. The summed E-state index contributed by atoms with van der Waals surface area (Å²) in [6.45, 7) is 9.45. The predicted molar refractivity (Wildman–Crippen MR) is 118 cm³/mol. The van der Waals surface area contributed by atoms with Crippen molar-refractivity contribution in [3.63, 3.8) is 0 Å². The van der Waals surface area contributed by atoms with Crippen molar-refractivity contribution >= 4 is 5.69 Å². The lowest BCUT2D eigenvalue weighted by Crippen LogP contribution is -2.47. The molecule has 156 valence electrons. The molecule has 0 aromatic heterocycles. The zero-order chi connectivity index (χ0) is 20.1. The number of hydrogen-bond donors (Lipinski definition) is 1. The zero-order valence-electron chi connectivity index (χ0n) is 17.5. The second-order valence-electron chi connectivity index (χ2n) is 7.86. The smallest absolute Gasteiger partial charge is 0.142 e. The standard InChI is InChI=1S/C24H33N3O2/c1-2-28-24-6-4-3-5-22(24)27-14-12-26(13-15-27)11-9-23-21-8-7-19(18-25)17-20(21)10-16-29-23/h3-8,17,23H,2,9-16,18,25H2,1H3. The molecule has 2 aromatic carbocycles. The Morgan fingerprint density at radius 2 is 1.93 bits per heavy atom. The van der Waals surface area contributed by atoms with Gasteiger partial charge in [-0.15, -0.1) is 0 Å². The fraction of sp³-hybridized carbons (Fsp3) is 0.500. The van der Waals surface area contributed by atoms with E-state index in [0.29, 0.717) is 13.2 Å². The van der Waals surface area contributed by atoms with Gasteiger partial charge < -0.3 is 20.1 Å². The molecule has 2 aliphatic rings. The lowest BCUT2D eigenvalue weighted by atomic mass is 9.93. The van der Waals surface area contributed by atoms with Crippen molar-refractivity contribution < 1.29 is 9.47 Å². The zero-order valence-corrected chi connectivity index (χ0v) is 17.5. The Kier molecular flexibility index (Phi) is 6.70. The van der Waals surface area contributed by atoms with Gasteiger partial charge in [-0.25, -0.2) is 0 Å². The van der Waals surface area contributed by atoms with Crippen LogP contribution in [0.25, 0.3) is 0 Å². The first kappa shape index (κ1) is 20.2. The van der Waals surface area contributed by atoms with E-state index < -0.39 is 0 Å². The number of nitrogens with two attached hydrogens (primary N) is 1. The number of para-hydroxylation sites is 2. The SMILES string of the molecule is CCOc1ccccc1N1CCN(CCC2OCCc3cc(CN)ccc32)CC1. The molecule has 1 unspecified atom stereocenters. The number of anilines is 1. The molecule has 5 nitrogen and oxygen atoms in total. The van der Waals surface area contributed by atoms with E-state index in [1.807, 2.05) is 13.0 Å². The van der Waals surface area contributed by atoms with Gasteiger partial charge in [0, 0.05) is 39.3 Å². The van der Waals surface area contributed by atoms with Crippen LogP contribution in [0.5, 0.6) is 5.75 Å². The third-order valence-electron chi connectivity index (χ3n) is 6.07. The number of nitrogens with zero attached hydrogens (tertiary/aromatic N) is 2. The highest BCUT2D eigenvalue weighted by Gasteiger charge is 2.24. The van der Waals surface area contributed by atoms with Crippen LogP contribution in [0.4, 0.5) is 5.69 Å². The highest BCUT2D eigenvalue weighted by molar-refractivity contribution is 5.58. The average Bonchev–Trinajstić information content (AvgIpc) is 2.78. The molecule has 29 heavy (non-hydrogen) atoms. The molecule has 0 radical (unpaired) electrons. The van der Waals surface area contributed by atoms with Crippen LogP contribution in [0.1, 0.15) is 36.1 Å². The summed E-state index contributed by atoms with van der Waals surface area (Å²) in [5.74, 6) is 0.993. The number of hydrogen-bond acceptors (Lipinski definition) is 5. The van der Waals surface area contributed by atoms with E-state index in [9.17, 15) is 0 Å². The lowest BCUT2D eigenvalue weighted by Gasteiger charge is -2.37. The van der Waals surface area contributed by atoms with Gasteiger partial charge in [0.1, 0.15) is 5.75 Å². The molecule has 2 aromatic rings. The summed E-state index contributed by atoms with van der Waals surface area (Å²) in [5.41, 5.74) is 11.0. The van der Waals surface area contributed by atoms with Crippen LogP contribution in [0.2, 0.25) is 0 Å². The summed E-state index contributed by atoms with van der Waals surface area (Å²) in [6.07, 6.45) is 2.25. The van der Waals surface area contributed by atoms with E-state index in [4.69, 9.17) is 15.2 Å². The maximum Gasteiger partial charge on any atom is 0.142 e. The molecule has 0 aliphatic carbocycles. The van der Waals surface area contributed by atoms with Crippen LogP contribution in [-0.4, -0.2) is 50.8 Å². The van der Waals surface area contributed by atoms with E-state index in [1.165, 1.54) is 22.4 Å². The van der Waals surface area contributed by atoms with E-state index in [2.05, 4.69) is 46.2 Å². The van der Waals surface area contributed by atoms with Gasteiger partial charge in [0.05, 0.1) is 25.0 Å². The Hall–Kier alpha value is -2.08. The summed E-state index contributed by atoms with van der Waals surface area (Å²) in [5, 5.41) is 0. The highest BCUT2D eigenvalue weighted by atomic mass is 16.5. The summed E-state index contributed by atoms with van der Waals surface area (Å²) in [7, 11) is 0. The Morgan fingerprint density at radius 3 is 2.72 bits per heavy atom. The van der Waals surface area contributed by atoms with Crippen molar-refractivity contribution in [3.05, 3.63) is 59.2 Å². The number of fused-ring (bicyclic) bond motifs is 1. The number of ether oxygens (including phenoxy) is 2. The van der Waals surface area contributed by atoms with Gasteiger partial charge in [-0.2, -0.15) is 0 Å². The molecule has 0 saturated carbocycles. The lowest BCUT2D eigenvalue weighted by molar-refractivity contribution is 0.0289. The normalized spacial score (nSPS) is 19.8. The van der Waals surface area contributed by atoms with Gasteiger partial charge in [0.25, 0.3) is 0 Å². The van der Waals surface area contributed by atoms with E-state index >= 15 is 0 Å². The molecule has 1 fully saturated rings. The first-order valence-electron chi connectivity index (χ1n) is 10.9. The van der Waals surface area contributed by atoms with Gasteiger partial charge in [0.2, 0.25) is 0 Å². The number of rotatable bonds is 7. The predicted octanol–water partition coefficient (Wildman–Crippen LogP) is 3.37. The fourth-order valence-electron chi connectivity index (χ4n) is 4.46. The molecular weight excluding hydrogens is 362 g/mol. The van der Waals surface area contributed by atoms with Gasteiger partial charge in [-0.3, -0.25) is 4.90 Å². The van der Waals surface area contributed by atoms with Crippen LogP contribution in [0.15, 0.2) is 42.5 Å². The van der Waals surface area contributed by atoms with E-state index in [0.717, 1.165) is 57.9 Å². The van der Waals surface area contributed by atoms with Crippen molar-refractivity contribution in [1.82, 2.24) is 4.90 Å². The molecule has 5 heteroatoms. The molecule has 2 aliphatic heterocycles. The topological polar surface area (TPSA) is 51.0 Å². The van der Waals surface area contributed by atoms with Crippen molar-refractivity contribution in [3.8, 4) is 5.75 Å². The molecular formula is C24H33N3O2. The van der Waals surface area contributed by atoms with Crippen LogP contribution >= 0.6 is 0 Å². The van der Waals surface area contributed by atoms with Crippen LogP contribution in [0.3, 0.4) is 0 Å². The minimum atomic E-state index is 0.210. The maximum absolute atomic E-state index is 6.12. The Morgan fingerprint density at radius 1 is 1.10 bits per heavy atom. The first-order chi connectivity index (χ1) is 14.3. The largest absolute Gasteiger partial charge is 0.492 e. The third kappa shape index (κ3) is 4.74. The summed E-state index contributed by atoms with van der Waals surface area (Å²) in [4.78, 5) is 5.01. The van der Waals surface area contributed by atoms with Crippen LogP contribution in [0, 0.1) is 0 Å². The maximum atomic E-state index is 6.12. The Bertz CT molecular complexity index is 802. The third-order valence-corrected chi connectivity index (χ3v) is 6.07. The monoisotopic (exact) mass is 395 g/mol. The Labute approximate surface area is 174 Å². The van der Waals surface area contributed by atoms with Crippen LogP contribution in [-0.2, 0) is 17.7 Å². The average molecular weight is 396 g/mol. The van der Waals surface area contributed by atoms with Gasteiger partial charge in [-0.1, -0.05) is 30.3 Å². The molecule has 0 amide bonds. The molecule has 4 rings (SSSR count). The van der Waals surface area contributed by atoms with Gasteiger partial charge in [0.15, 0.2) is 0 Å². The second-order valence-corrected chi connectivity index (χ2v) is 7.86. The number of benzene rings is 2. The highest BCUT2D eigenvalue weighted by Crippen LogP contribution is 2.32. The van der Waals surface area contributed by atoms with Gasteiger partial charge >= 0.3 is 0 Å². The fourth-order valence-corrected chi connectivity index (χ4v) is 4.46. The van der Waals surface area contributed by atoms with Crippen molar-refractivity contribution in [2.24, 2.45) is 5.73 Å². The molecule has 2 heterocycles. The van der Waals surface area contributed by atoms with E-state index in [-0.39, 0.29) is 6.10 Å². The minimum Gasteiger partial charge on any atom is -0.492 e. The first-order valence-corrected chi connectivity index (χ1v) is 10.9. The summed E-state index contributed by atoms with van der Waals surface area (Å²) in [6, 6.07) is 15.0. The van der Waals surface area contributed by atoms with Gasteiger partial charge in [-0.05, 0) is 48.6 Å². The summed E-state index contributed by atoms with van der Waals surface area (Å²) >= 11 is 0. The van der Waals surface area contributed by atoms with E-state index in [1.54, 1.807) is 0 Å². The quantitative estimate of drug-likeness (QED) is 0.779. The molecule has 0 spiro atoms. The molecule has 1 atom stereocenters.